The summed E-state index contributed by atoms with van der Waals surface area (Å²) in [5.41, 5.74) is 0.986. The first kappa shape index (κ1) is 17.5. The highest BCUT2D eigenvalue weighted by Crippen LogP contribution is 2.29. The van der Waals surface area contributed by atoms with E-state index in [-0.39, 0.29) is 17.9 Å². The van der Waals surface area contributed by atoms with Crippen molar-refractivity contribution in [1.29, 1.82) is 0 Å². The lowest BCUT2D eigenvalue weighted by molar-refractivity contribution is -0.123. The molecule has 0 saturated heterocycles. The molecule has 4 heteroatoms. The molecule has 2 amide bonds. The van der Waals surface area contributed by atoms with Crippen molar-refractivity contribution in [1.82, 2.24) is 10.6 Å². The van der Waals surface area contributed by atoms with E-state index in [4.69, 9.17) is 0 Å². The Morgan fingerprint density at radius 2 is 1.83 bits per heavy atom. The number of benzene rings is 1. The van der Waals surface area contributed by atoms with Crippen LogP contribution in [0.15, 0.2) is 30.3 Å². The topological polar surface area (TPSA) is 58.2 Å². The molecular weight excluding hydrogens is 288 g/mol. The zero-order valence-corrected chi connectivity index (χ0v) is 14.2. The van der Waals surface area contributed by atoms with Gasteiger partial charge >= 0.3 is 0 Å². The van der Waals surface area contributed by atoms with Gasteiger partial charge in [0.2, 0.25) is 11.8 Å². The first-order chi connectivity index (χ1) is 11.1. The molecule has 3 atom stereocenters. The largest absolute Gasteiger partial charge is 0.355 e. The molecule has 0 aromatic heterocycles. The number of nitrogens with one attached hydrogen (secondary N) is 2. The third kappa shape index (κ3) is 5.70. The van der Waals surface area contributed by atoms with Gasteiger partial charge in [-0.1, -0.05) is 57.0 Å². The van der Waals surface area contributed by atoms with Crippen molar-refractivity contribution in [3.8, 4) is 0 Å². The summed E-state index contributed by atoms with van der Waals surface area (Å²) < 4.78 is 0. The number of carbonyl (C=O) groups is 2. The summed E-state index contributed by atoms with van der Waals surface area (Å²) in [5, 5.41) is 5.95. The maximum atomic E-state index is 12.0. The van der Waals surface area contributed by atoms with E-state index < -0.39 is 0 Å². The van der Waals surface area contributed by atoms with Crippen molar-refractivity contribution < 1.29 is 9.59 Å². The van der Waals surface area contributed by atoms with Crippen molar-refractivity contribution in [2.24, 2.45) is 11.8 Å². The third-order valence-electron chi connectivity index (χ3n) is 4.93. The van der Waals surface area contributed by atoms with Crippen LogP contribution in [0, 0.1) is 11.8 Å². The van der Waals surface area contributed by atoms with Crippen LogP contribution < -0.4 is 10.6 Å². The molecule has 1 aromatic rings. The molecule has 0 spiro atoms. The second kappa shape index (κ2) is 8.70. The second-order valence-electron chi connectivity index (χ2n) is 6.70. The lowest BCUT2D eigenvalue weighted by Gasteiger charge is -2.34. The van der Waals surface area contributed by atoms with E-state index in [0.717, 1.165) is 12.0 Å². The van der Waals surface area contributed by atoms with Crippen LogP contribution in [0.1, 0.15) is 45.1 Å². The highest BCUT2D eigenvalue weighted by molar-refractivity contribution is 5.80. The summed E-state index contributed by atoms with van der Waals surface area (Å²) in [7, 11) is 0. The van der Waals surface area contributed by atoms with Crippen LogP contribution in [0.2, 0.25) is 0 Å². The van der Waals surface area contributed by atoms with E-state index in [1.807, 2.05) is 30.3 Å². The first-order valence-corrected chi connectivity index (χ1v) is 8.66. The Hall–Kier alpha value is -1.84. The maximum Gasteiger partial charge on any atom is 0.224 e. The summed E-state index contributed by atoms with van der Waals surface area (Å²) in [6.07, 6.45) is 4.21. The number of rotatable bonds is 6. The van der Waals surface area contributed by atoms with Gasteiger partial charge in [-0.2, -0.15) is 0 Å². The Labute approximate surface area is 139 Å². The Balaban J connectivity index is 1.65. The lowest BCUT2D eigenvalue weighted by Crippen LogP contribution is -2.44. The summed E-state index contributed by atoms with van der Waals surface area (Å²) in [4.78, 5) is 23.9. The van der Waals surface area contributed by atoms with Gasteiger partial charge in [0.25, 0.3) is 0 Å². The fraction of sp³-hybridized carbons (Fsp3) is 0.579. The van der Waals surface area contributed by atoms with Crippen molar-refractivity contribution in [3.63, 3.8) is 0 Å². The molecule has 1 saturated carbocycles. The van der Waals surface area contributed by atoms with Gasteiger partial charge in [0.1, 0.15) is 0 Å². The molecule has 2 N–H and O–H groups in total. The fourth-order valence-corrected chi connectivity index (χ4v) is 3.22. The molecule has 1 aliphatic rings. The quantitative estimate of drug-likeness (QED) is 0.848. The Bertz CT molecular complexity index is 515. The van der Waals surface area contributed by atoms with E-state index in [9.17, 15) is 9.59 Å². The van der Waals surface area contributed by atoms with Crippen molar-refractivity contribution in [2.75, 3.05) is 6.54 Å². The molecule has 23 heavy (non-hydrogen) atoms. The SMILES string of the molecule is CC1CCCC(NC(=O)CCNC(=O)Cc2ccccc2)C1C. The molecule has 1 fully saturated rings. The molecule has 1 aliphatic carbocycles. The third-order valence-corrected chi connectivity index (χ3v) is 4.93. The Morgan fingerprint density at radius 1 is 1.09 bits per heavy atom. The molecule has 0 heterocycles. The highest BCUT2D eigenvalue weighted by atomic mass is 16.2. The van der Waals surface area contributed by atoms with Gasteiger partial charge in [-0.3, -0.25) is 9.59 Å². The van der Waals surface area contributed by atoms with Crippen LogP contribution in [0.4, 0.5) is 0 Å². The smallest absolute Gasteiger partial charge is 0.224 e. The van der Waals surface area contributed by atoms with Gasteiger partial charge in [0.15, 0.2) is 0 Å². The van der Waals surface area contributed by atoms with Crippen molar-refractivity contribution in [3.05, 3.63) is 35.9 Å². The monoisotopic (exact) mass is 316 g/mol. The van der Waals surface area contributed by atoms with Crippen LogP contribution in [0.5, 0.6) is 0 Å². The average Bonchev–Trinajstić information content (AvgIpc) is 2.53. The summed E-state index contributed by atoms with van der Waals surface area (Å²) in [6.45, 7) is 4.87. The zero-order valence-electron chi connectivity index (χ0n) is 14.2. The molecule has 126 valence electrons. The first-order valence-electron chi connectivity index (χ1n) is 8.66. The molecule has 0 bridgehead atoms. The van der Waals surface area contributed by atoms with Crippen molar-refractivity contribution >= 4 is 11.8 Å². The van der Waals surface area contributed by atoms with Gasteiger partial charge < -0.3 is 10.6 Å². The van der Waals surface area contributed by atoms with Gasteiger partial charge in [-0.05, 0) is 23.8 Å². The van der Waals surface area contributed by atoms with Gasteiger partial charge in [0, 0.05) is 19.0 Å². The Kier molecular flexibility index (Phi) is 6.63. The highest BCUT2D eigenvalue weighted by Gasteiger charge is 2.27. The van der Waals surface area contributed by atoms with Gasteiger partial charge in [-0.25, -0.2) is 0 Å². The summed E-state index contributed by atoms with van der Waals surface area (Å²) in [6, 6.07) is 9.91. The van der Waals surface area contributed by atoms with E-state index in [2.05, 4.69) is 24.5 Å². The van der Waals surface area contributed by atoms with E-state index >= 15 is 0 Å². The van der Waals surface area contributed by atoms with Crippen LogP contribution in [0.3, 0.4) is 0 Å². The van der Waals surface area contributed by atoms with Crippen LogP contribution in [0.25, 0.3) is 0 Å². The van der Waals surface area contributed by atoms with Gasteiger partial charge in [0.05, 0.1) is 6.42 Å². The molecule has 3 unspecified atom stereocenters. The maximum absolute atomic E-state index is 12.0. The van der Waals surface area contributed by atoms with E-state index in [0.29, 0.717) is 31.2 Å². The predicted molar refractivity (Wildman–Crippen MR) is 91.9 cm³/mol. The van der Waals surface area contributed by atoms with Crippen LogP contribution in [-0.4, -0.2) is 24.4 Å². The zero-order chi connectivity index (χ0) is 16.7. The molecule has 2 rings (SSSR count). The molecule has 4 nitrogen and oxygen atoms in total. The Morgan fingerprint density at radius 3 is 2.57 bits per heavy atom. The van der Waals surface area contributed by atoms with Crippen LogP contribution >= 0.6 is 0 Å². The molecule has 1 aromatic carbocycles. The number of hydrogen-bond donors (Lipinski definition) is 2. The number of hydrogen-bond acceptors (Lipinski definition) is 2. The standard InChI is InChI=1S/C19H28N2O2/c1-14-7-6-10-17(15(14)2)21-18(22)11-12-20-19(23)13-16-8-4-3-5-9-16/h3-5,8-9,14-15,17H,6-7,10-13H2,1-2H3,(H,20,23)(H,21,22). The lowest BCUT2D eigenvalue weighted by atomic mass is 9.78. The fourth-order valence-electron chi connectivity index (χ4n) is 3.22. The van der Waals surface area contributed by atoms with E-state index in [1.165, 1.54) is 12.8 Å². The van der Waals surface area contributed by atoms with E-state index in [1.54, 1.807) is 0 Å². The summed E-state index contributed by atoms with van der Waals surface area (Å²) >= 11 is 0. The molecule has 0 aliphatic heterocycles. The minimum Gasteiger partial charge on any atom is -0.355 e. The normalized spacial score (nSPS) is 24.0. The summed E-state index contributed by atoms with van der Waals surface area (Å²) in [5.74, 6) is 1.19. The van der Waals surface area contributed by atoms with Gasteiger partial charge in [-0.15, -0.1) is 0 Å². The van der Waals surface area contributed by atoms with Crippen LogP contribution in [-0.2, 0) is 16.0 Å². The molecular formula is C19H28N2O2. The van der Waals surface area contributed by atoms with Crippen molar-refractivity contribution in [2.45, 2.75) is 52.0 Å². The minimum absolute atomic E-state index is 0.0379. The predicted octanol–water partition coefficient (Wildman–Crippen LogP) is 2.68. The number of carbonyl (C=O) groups excluding carboxylic acids is 2. The second-order valence-corrected chi connectivity index (χ2v) is 6.70. The number of amides is 2. The minimum atomic E-state index is -0.0383. The average molecular weight is 316 g/mol. The molecule has 0 radical (unpaired) electrons.